The van der Waals surface area contributed by atoms with Crippen LogP contribution in [-0.4, -0.2) is 21.1 Å². The molecular formula is C43H36N5OPt-3. The first kappa shape index (κ1) is 28.7. The molecule has 0 atom stereocenters. The van der Waals surface area contributed by atoms with E-state index in [4.69, 9.17) is 13.8 Å². The molecule has 0 unspecified atom stereocenters. The Labute approximate surface area is 311 Å². The minimum absolute atomic E-state index is 0. The number of fused-ring (bicyclic) bond motifs is 7. The van der Waals surface area contributed by atoms with Crippen LogP contribution >= 0.6 is 0 Å². The second kappa shape index (κ2) is 11.8. The van der Waals surface area contributed by atoms with Gasteiger partial charge in [-0.1, -0.05) is 68.8 Å². The van der Waals surface area contributed by atoms with Crippen LogP contribution in [-0.2, 0) is 33.5 Å². The quantitative estimate of drug-likeness (QED) is 0.166. The van der Waals surface area contributed by atoms with Crippen LogP contribution in [0.1, 0.15) is 36.0 Å². The smallest absolute Gasteiger partial charge is 0.137 e. The normalized spacial score (nSPS) is 14.2. The number of hydrogen-bond acceptors (Lipinski definition) is 4. The summed E-state index contributed by atoms with van der Waals surface area (Å²) in [5.74, 6) is 1.82. The average molecular weight is 837 g/mol. The number of ether oxygens (including phenoxy) is 1. The van der Waals surface area contributed by atoms with Gasteiger partial charge in [-0.2, -0.15) is 12.7 Å². The molecule has 0 saturated carbocycles. The van der Waals surface area contributed by atoms with Crippen LogP contribution in [0.3, 0.4) is 0 Å². The molecule has 0 radical (unpaired) electrons. The van der Waals surface area contributed by atoms with E-state index in [0.717, 1.165) is 49.8 Å². The van der Waals surface area contributed by atoms with Gasteiger partial charge in [0.2, 0.25) is 0 Å². The summed E-state index contributed by atoms with van der Waals surface area (Å²) in [7, 11) is 2.10. The molecule has 8 aromatic rings. The van der Waals surface area contributed by atoms with Gasteiger partial charge in [-0.15, -0.1) is 47.0 Å². The van der Waals surface area contributed by atoms with Gasteiger partial charge in [0, 0.05) is 89.2 Å². The molecular weight excluding hydrogens is 798 g/mol. The number of benzene rings is 5. The molecule has 0 aliphatic carbocycles. The summed E-state index contributed by atoms with van der Waals surface area (Å²) in [6.45, 7) is 7.82. The molecule has 252 valence electrons. The fourth-order valence-electron chi connectivity index (χ4n) is 7.06. The van der Waals surface area contributed by atoms with Gasteiger partial charge in [-0.05, 0) is 54.5 Å². The van der Waals surface area contributed by atoms with Gasteiger partial charge in [-0.3, -0.25) is 0 Å². The third kappa shape index (κ3) is 5.08. The number of hydrogen-bond donors (Lipinski definition) is 0. The van der Waals surface area contributed by atoms with E-state index in [1.54, 1.807) is 6.67 Å². The average Bonchev–Trinajstić information content (AvgIpc) is 3.75. The summed E-state index contributed by atoms with van der Waals surface area (Å²) in [4.78, 5) is 8.21. The fourth-order valence-corrected chi connectivity index (χ4v) is 7.06. The number of aromatic nitrogens is 3. The van der Waals surface area contributed by atoms with E-state index in [2.05, 4.69) is 105 Å². The number of nitrogens with zero attached hydrogens (tertiary/aromatic N) is 5. The van der Waals surface area contributed by atoms with Crippen molar-refractivity contribution in [3.8, 4) is 17.3 Å². The topological polar surface area (TPSA) is 38.5 Å². The Balaban J connectivity index is 0.00000400. The summed E-state index contributed by atoms with van der Waals surface area (Å²) in [5, 5.41) is 4.43. The Morgan fingerprint density at radius 3 is 2.32 bits per heavy atom. The van der Waals surface area contributed by atoms with Crippen molar-refractivity contribution in [1.29, 1.82) is 0 Å². The number of aryl methyl sites for hydroxylation is 2. The van der Waals surface area contributed by atoms with E-state index >= 15 is 0 Å². The van der Waals surface area contributed by atoms with Crippen molar-refractivity contribution in [2.75, 3.05) is 16.8 Å². The second-order valence-electron chi connectivity index (χ2n) is 13.9. The van der Waals surface area contributed by atoms with Crippen LogP contribution in [0.15, 0.2) is 103 Å². The molecule has 50 heavy (non-hydrogen) atoms. The van der Waals surface area contributed by atoms with E-state index in [1.165, 1.54) is 21.4 Å². The first-order chi connectivity index (χ1) is 24.8. The molecule has 5 aromatic carbocycles. The Bertz CT molecular complexity index is 2720. The Hall–Kier alpha value is -5.06. The predicted molar refractivity (Wildman–Crippen MR) is 201 cm³/mol. The molecule has 0 amide bonds. The SMILES string of the molecule is [2H]C([2H])([2H])N1[CH-]N(c2[c-]c(Oc3[c-]c4c(cc3)c3ccccc3n4-c3cc4c(cn3)c3ccc(C)cc3n4C)cc(C(C)(C)C)c2)c2ccccc21.[Pt]. The van der Waals surface area contributed by atoms with Crippen molar-refractivity contribution in [1.82, 2.24) is 14.1 Å². The summed E-state index contributed by atoms with van der Waals surface area (Å²) >= 11 is 0. The largest absolute Gasteiger partial charge is 0.509 e. The van der Waals surface area contributed by atoms with E-state index in [9.17, 15) is 0 Å². The van der Waals surface area contributed by atoms with Gasteiger partial charge in [0.15, 0.2) is 0 Å². The van der Waals surface area contributed by atoms with Crippen molar-refractivity contribution < 1.29 is 29.9 Å². The zero-order chi connectivity index (χ0) is 36.1. The molecule has 0 spiro atoms. The van der Waals surface area contributed by atoms with Crippen LogP contribution in [0.5, 0.6) is 11.5 Å². The maximum Gasteiger partial charge on any atom is 0.137 e. The van der Waals surface area contributed by atoms with Crippen LogP contribution in [0.4, 0.5) is 17.1 Å². The standard InChI is InChI=1S/C43H36N5O.Pt/c1-27-15-17-34-35-25-44-42(24-40(35)46(6)39(34)19-27)48-36-12-8-7-11-32(36)33-18-16-30(23-41(33)48)49-31-21-28(43(2,3)4)20-29(22-31)47-26-45(5)37-13-9-10-14-38(37)47;/h7-21,24-26H,1-6H3;/q-3;/i5D3;. The van der Waals surface area contributed by atoms with E-state index < -0.39 is 6.98 Å². The maximum absolute atomic E-state index is 8.17. The Morgan fingerprint density at radius 2 is 1.50 bits per heavy atom. The summed E-state index contributed by atoms with van der Waals surface area (Å²) < 4.78 is 35.5. The van der Waals surface area contributed by atoms with Crippen molar-refractivity contribution >= 4 is 60.7 Å². The first-order valence-corrected chi connectivity index (χ1v) is 16.4. The molecule has 0 N–H and O–H groups in total. The zero-order valence-corrected chi connectivity index (χ0v) is 30.6. The first-order valence-electron chi connectivity index (χ1n) is 17.9. The van der Waals surface area contributed by atoms with Crippen molar-refractivity contribution in [3.63, 3.8) is 0 Å². The molecule has 4 heterocycles. The molecule has 7 heteroatoms. The van der Waals surface area contributed by atoms with Crippen LogP contribution in [0.2, 0.25) is 0 Å². The van der Waals surface area contributed by atoms with E-state index in [0.29, 0.717) is 22.9 Å². The maximum atomic E-state index is 8.17. The van der Waals surface area contributed by atoms with Crippen molar-refractivity contribution in [2.45, 2.75) is 33.1 Å². The number of para-hydroxylation sites is 3. The monoisotopic (exact) mass is 836 g/mol. The molecule has 3 aromatic heterocycles. The molecule has 9 rings (SSSR count). The third-order valence-corrected chi connectivity index (χ3v) is 9.63. The molecule has 0 fully saturated rings. The van der Waals surface area contributed by atoms with Gasteiger partial charge < -0.3 is 23.7 Å². The molecule has 1 aliphatic rings. The molecule has 0 bridgehead atoms. The van der Waals surface area contributed by atoms with Gasteiger partial charge >= 0.3 is 0 Å². The zero-order valence-electron chi connectivity index (χ0n) is 31.4. The number of rotatable bonds is 4. The van der Waals surface area contributed by atoms with Crippen LogP contribution < -0.4 is 14.5 Å². The molecule has 1 aliphatic heterocycles. The minimum atomic E-state index is -2.35. The van der Waals surface area contributed by atoms with E-state index in [-0.39, 0.29) is 26.5 Å². The fraction of sp³-hybridized carbons (Fsp3) is 0.163. The molecule has 0 saturated heterocycles. The van der Waals surface area contributed by atoms with E-state index in [1.807, 2.05) is 59.6 Å². The van der Waals surface area contributed by atoms with Crippen molar-refractivity contribution in [2.24, 2.45) is 7.05 Å². The van der Waals surface area contributed by atoms with Crippen LogP contribution in [0, 0.1) is 25.7 Å². The van der Waals surface area contributed by atoms with Gasteiger partial charge in [0.1, 0.15) is 5.82 Å². The third-order valence-electron chi connectivity index (χ3n) is 9.63. The summed E-state index contributed by atoms with van der Waals surface area (Å²) in [6.07, 6.45) is 1.97. The minimum Gasteiger partial charge on any atom is -0.509 e. The number of anilines is 3. The van der Waals surface area contributed by atoms with Gasteiger partial charge in [0.05, 0.1) is 5.52 Å². The number of pyridine rings is 1. The summed E-state index contributed by atoms with van der Waals surface area (Å²) in [6, 6.07) is 39.6. The predicted octanol–water partition coefficient (Wildman–Crippen LogP) is 10.5. The van der Waals surface area contributed by atoms with Crippen molar-refractivity contribution in [3.05, 3.63) is 133 Å². The second-order valence-corrected chi connectivity index (χ2v) is 13.9. The van der Waals surface area contributed by atoms with Gasteiger partial charge in [-0.25, -0.2) is 4.98 Å². The Morgan fingerprint density at radius 1 is 0.760 bits per heavy atom. The molecule has 6 nitrogen and oxygen atoms in total. The van der Waals surface area contributed by atoms with Gasteiger partial charge in [0.25, 0.3) is 0 Å². The Kier molecular flexibility index (Phi) is 6.77. The van der Waals surface area contributed by atoms with Crippen LogP contribution in [0.25, 0.3) is 49.4 Å². The summed E-state index contributed by atoms with van der Waals surface area (Å²) in [5.41, 5.74) is 8.21.